The number of carbonyl (C=O) groups excluding carboxylic acids is 1. The summed E-state index contributed by atoms with van der Waals surface area (Å²) in [5.41, 5.74) is 4.80. The second kappa shape index (κ2) is 16.8. The van der Waals surface area contributed by atoms with Crippen LogP contribution in [0.15, 0.2) is 47.6 Å². The van der Waals surface area contributed by atoms with E-state index in [-0.39, 0.29) is 29.2 Å². The Kier molecular flexibility index (Phi) is 13.4. The van der Waals surface area contributed by atoms with E-state index in [1.54, 1.807) is 35.3 Å². The molecular formula is C33H46Cl3N4O4S+. The number of hydrogen-bond acceptors (Lipinski definition) is 5. The Morgan fingerprint density at radius 1 is 0.933 bits per heavy atom. The minimum absolute atomic E-state index is 0.193. The number of anilines is 1. The molecule has 2 aromatic carbocycles. The third-order valence-electron chi connectivity index (χ3n) is 8.97. The standard InChI is InChI=1S/C33H45Cl3N4O4S/c1-2-3-4-5-6-7-8-9-11-14-32(45(42,43)44)40(21-12-10-13-22-40)38-33(41)29-24-31(25-15-17-26(34)18-16-25)39(37-29)30-20-19-27(35)23-28(30)36/h15-20,23,31-32H,2-14,21-22,24H2,1H3,(H-,38,41,42,43,44)/p+1. The molecule has 0 radical (unpaired) electrons. The van der Waals surface area contributed by atoms with Gasteiger partial charge < -0.3 is 0 Å². The van der Waals surface area contributed by atoms with Gasteiger partial charge in [0.25, 0.3) is 0 Å². The van der Waals surface area contributed by atoms with E-state index in [1.165, 1.54) is 32.1 Å². The van der Waals surface area contributed by atoms with Crippen molar-refractivity contribution < 1.29 is 22.4 Å². The normalized spacial score (nSPS) is 18.9. The highest BCUT2D eigenvalue weighted by Gasteiger charge is 2.48. The van der Waals surface area contributed by atoms with Crippen LogP contribution in [-0.2, 0) is 14.9 Å². The van der Waals surface area contributed by atoms with Crippen LogP contribution < -0.4 is 10.4 Å². The van der Waals surface area contributed by atoms with Crippen molar-refractivity contribution in [3.05, 3.63) is 63.1 Å². The van der Waals surface area contributed by atoms with Crippen molar-refractivity contribution in [3.8, 4) is 0 Å². The van der Waals surface area contributed by atoms with Crippen molar-refractivity contribution in [3.63, 3.8) is 0 Å². The summed E-state index contributed by atoms with van der Waals surface area (Å²) in [4.78, 5) is 14.0. The number of benzene rings is 2. The van der Waals surface area contributed by atoms with Crippen molar-refractivity contribution >= 4 is 62.2 Å². The number of halogens is 3. The van der Waals surface area contributed by atoms with Gasteiger partial charge in [0.1, 0.15) is 18.8 Å². The van der Waals surface area contributed by atoms with Crippen LogP contribution in [0, 0.1) is 0 Å². The van der Waals surface area contributed by atoms with Gasteiger partial charge in [-0.1, -0.05) is 105 Å². The molecule has 2 unspecified atom stereocenters. The highest BCUT2D eigenvalue weighted by Crippen LogP contribution is 2.40. The van der Waals surface area contributed by atoms with Gasteiger partial charge in [0, 0.05) is 22.9 Å². The van der Waals surface area contributed by atoms with E-state index in [4.69, 9.17) is 39.9 Å². The van der Waals surface area contributed by atoms with Gasteiger partial charge in [-0.25, -0.2) is 4.59 Å². The van der Waals surface area contributed by atoms with Crippen LogP contribution in [0.4, 0.5) is 5.69 Å². The fourth-order valence-corrected chi connectivity index (χ4v) is 8.44. The van der Waals surface area contributed by atoms with Gasteiger partial charge in [0.15, 0.2) is 0 Å². The Morgan fingerprint density at radius 3 is 2.13 bits per heavy atom. The number of hydrogen-bond donors (Lipinski definition) is 2. The fourth-order valence-electron chi connectivity index (χ4n) is 6.58. The zero-order valence-electron chi connectivity index (χ0n) is 26.1. The number of amides is 1. The van der Waals surface area contributed by atoms with E-state index in [9.17, 15) is 17.8 Å². The molecule has 248 valence electrons. The second-order valence-electron chi connectivity index (χ2n) is 12.3. The summed E-state index contributed by atoms with van der Waals surface area (Å²) in [6.45, 7) is 3.06. The second-order valence-corrected chi connectivity index (χ2v) is 15.2. The number of nitrogens with one attached hydrogen (secondary N) is 1. The first-order valence-electron chi connectivity index (χ1n) is 16.3. The molecule has 0 saturated carbocycles. The summed E-state index contributed by atoms with van der Waals surface area (Å²) in [6.07, 6.45) is 12.9. The van der Waals surface area contributed by atoms with Gasteiger partial charge in [0.2, 0.25) is 5.37 Å². The first-order chi connectivity index (χ1) is 21.5. The van der Waals surface area contributed by atoms with E-state index in [1.807, 2.05) is 12.1 Å². The lowest BCUT2D eigenvalue weighted by Gasteiger charge is -2.44. The number of rotatable bonds is 16. The minimum atomic E-state index is -4.46. The van der Waals surface area contributed by atoms with Gasteiger partial charge in [0.05, 0.1) is 16.8 Å². The maximum Gasteiger partial charge on any atom is 0.321 e. The molecule has 2 aromatic rings. The first kappa shape index (κ1) is 36.0. The van der Waals surface area contributed by atoms with Gasteiger partial charge in [-0.05, 0) is 61.6 Å². The summed E-state index contributed by atoms with van der Waals surface area (Å²) in [7, 11) is -4.46. The van der Waals surface area contributed by atoms with E-state index in [2.05, 4.69) is 12.3 Å². The van der Waals surface area contributed by atoms with E-state index < -0.39 is 21.4 Å². The van der Waals surface area contributed by atoms with Gasteiger partial charge in [-0.15, -0.1) is 0 Å². The number of carbonyl (C=O) groups is 1. The molecule has 4 rings (SSSR count). The van der Waals surface area contributed by atoms with Crippen molar-refractivity contribution in [1.82, 2.24) is 5.43 Å². The van der Waals surface area contributed by atoms with Crippen molar-refractivity contribution in [1.29, 1.82) is 0 Å². The molecular weight excluding hydrogens is 655 g/mol. The lowest BCUT2D eigenvalue weighted by Crippen LogP contribution is -2.69. The summed E-state index contributed by atoms with van der Waals surface area (Å²) in [5.74, 6) is -0.454. The van der Waals surface area contributed by atoms with Crippen LogP contribution >= 0.6 is 34.8 Å². The molecule has 0 aliphatic carbocycles. The number of quaternary nitrogens is 1. The monoisotopic (exact) mass is 699 g/mol. The number of unbranched alkanes of at least 4 members (excludes halogenated alkanes) is 8. The molecule has 2 atom stereocenters. The number of piperidine rings is 1. The molecule has 0 bridgehead atoms. The maximum atomic E-state index is 14.0. The molecule has 2 heterocycles. The summed E-state index contributed by atoms with van der Waals surface area (Å²) in [6, 6.07) is 12.1. The lowest BCUT2D eigenvalue weighted by molar-refractivity contribution is -0.975. The third-order valence-corrected chi connectivity index (χ3v) is 11.1. The molecule has 45 heavy (non-hydrogen) atoms. The molecule has 8 nitrogen and oxygen atoms in total. The van der Waals surface area contributed by atoms with Crippen LogP contribution in [0.3, 0.4) is 0 Å². The van der Waals surface area contributed by atoms with Crippen LogP contribution in [0.1, 0.15) is 108 Å². The van der Waals surface area contributed by atoms with Crippen molar-refractivity contribution in [2.75, 3.05) is 18.1 Å². The highest BCUT2D eigenvalue weighted by molar-refractivity contribution is 7.86. The molecule has 0 aromatic heterocycles. The predicted octanol–water partition coefficient (Wildman–Crippen LogP) is 9.12. The largest absolute Gasteiger partial charge is 0.321 e. The van der Waals surface area contributed by atoms with E-state index in [0.29, 0.717) is 40.3 Å². The Balaban J connectivity index is 1.53. The lowest BCUT2D eigenvalue weighted by atomic mass is 10.0. The summed E-state index contributed by atoms with van der Waals surface area (Å²) < 4.78 is 36.1. The highest BCUT2D eigenvalue weighted by atomic mass is 35.5. The molecule has 1 saturated heterocycles. The number of nitrogens with zero attached hydrogens (tertiary/aromatic N) is 3. The summed E-state index contributed by atoms with van der Waals surface area (Å²) >= 11 is 18.9. The topological polar surface area (TPSA) is 99.1 Å². The Morgan fingerprint density at radius 2 is 1.53 bits per heavy atom. The molecule has 2 aliphatic rings. The summed E-state index contributed by atoms with van der Waals surface area (Å²) in [5, 5.41) is 6.75. The molecule has 0 spiro atoms. The predicted molar refractivity (Wildman–Crippen MR) is 184 cm³/mol. The molecule has 2 N–H and O–H groups in total. The average Bonchev–Trinajstić information content (AvgIpc) is 3.44. The number of likely N-dealkylation sites (tertiary alicyclic amines) is 1. The molecule has 2 aliphatic heterocycles. The third kappa shape index (κ3) is 9.81. The van der Waals surface area contributed by atoms with Crippen LogP contribution in [-0.4, -0.2) is 47.6 Å². The maximum absolute atomic E-state index is 14.0. The van der Waals surface area contributed by atoms with Crippen molar-refractivity contribution in [2.45, 2.75) is 108 Å². The smallest absolute Gasteiger partial charge is 0.281 e. The molecule has 1 fully saturated rings. The Labute approximate surface area is 283 Å². The molecule has 1 amide bonds. The van der Waals surface area contributed by atoms with Gasteiger partial charge in [-0.3, -0.25) is 14.4 Å². The average molecular weight is 701 g/mol. The van der Waals surface area contributed by atoms with Crippen LogP contribution in [0.2, 0.25) is 15.1 Å². The quantitative estimate of drug-likeness (QED) is 0.103. The van der Waals surface area contributed by atoms with Gasteiger partial charge in [-0.2, -0.15) is 18.9 Å². The first-order valence-corrected chi connectivity index (χ1v) is 18.9. The van der Waals surface area contributed by atoms with E-state index in [0.717, 1.165) is 44.1 Å². The fraction of sp³-hybridized carbons (Fsp3) is 0.576. The van der Waals surface area contributed by atoms with Crippen LogP contribution in [0.25, 0.3) is 0 Å². The number of hydrazone groups is 1. The zero-order valence-corrected chi connectivity index (χ0v) is 29.1. The zero-order chi connectivity index (χ0) is 32.5. The SMILES string of the molecule is CCCCCCCCCCCC([N+]1(NC(=O)C2=NN(c3ccc(Cl)cc3Cl)C(c3ccc(Cl)cc3)C2)CCCCC1)S(=O)(=O)O. The Hall–Kier alpha value is -1.88. The van der Waals surface area contributed by atoms with Crippen LogP contribution in [0.5, 0.6) is 0 Å². The van der Waals surface area contributed by atoms with Gasteiger partial charge >= 0.3 is 16.0 Å². The molecule has 12 heteroatoms. The minimum Gasteiger partial charge on any atom is -0.281 e. The Bertz CT molecular complexity index is 1420. The van der Waals surface area contributed by atoms with Crippen molar-refractivity contribution in [2.24, 2.45) is 5.10 Å². The van der Waals surface area contributed by atoms with E-state index >= 15 is 0 Å².